The molecule has 0 amide bonds. The van der Waals surface area contributed by atoms with Crippen LogP contribution in [0.4, 0.5) is 4.39 Å². The minimum Gasteiger partial charge on any atom is -0.492 e. The quantitative estimate of drug-likeness (QED) is 0.654. The van der Waals surface area contributed by atoms with E-state index >= 15 is 0 Å². The number of fused-ring (bicyclic) bond motifs is 2. The number of benzene rings is 2. The average molecular weight is 448 g/mol. The van der Waals surface area contributed by atoms with Crippen molar-refractivity contribution in [3.8, 4) is 11.5 Å². The van der Waals surface area contributed by atoms with Gasteiger partial charge in [0.25, 0.3) is 0 Å². The normalized spacial score (nSPS) is 18.4. The molecule has 0 aromatic heterocycles. The van der Waals surface area contributed by atoms with Crippen molar-refractivity contribution in [2.75, 3.05) is 26.2 Å². The van der Waals surface area contributed by atoms with Gasteiger partial charge in [0.15, 0.2) is 0 Å². The van der Waals surface area contributed by atoms with Gasteiger partial charge in [-0.2, -0.15) is 0 Å². The van der Waals surface area contributed by atoms with Gasteiger partial charge in [-0.25, -0.2) is 4.39 Å². The van der Waals surface area contributed by atoms with E-state index in [1.54, 1.807) is 19.1 Å². The summed E-state index contributed by atoms with van der Waals surface area (Å²) < 4.78 is 25.8. The van der Waals surface area contributed by atoms with Crippen molar-refractivity contribution in [1.29, 1.82) is 0 Å². The van der Waals surface area contributed by atoms with Crippen LogP contribution >= 0.6 is 11.6 Å². The molecular weight excluding hydrogens is 421 g/mol. The summed E-state index contributed by atoms with van der Waals surface area (Å²) in [7, 11) is 0. The molecule has 1 N–H and O–H groups in total. The van der Waals surface area contributed by atoms with Gasteiger partial charge in [-0.3, -0.25) is 4.79 Å². The molecule has 1 saturated heterocycles. The molecule has 0 saturated carbocycles. The van der Waals surface area contributed by atoms with Crippen molar-refractivity contribution in [1.82, 2.24) is 4.90 Å². The standard InChI is InChI=1S/C24H27ClFNO4/c1-16(23(28)29)7-10-27-11-8-24(9-12-27)15-31-22-13-17(5-6-19(22)24)30-14-18-20(25)3-2-4-21(18)26/h2-6,13,16H,7-12,14-15H2,1H3,(H,28,29). The van der Waals surface area contributed by atoms with Gasteiger partial charge in [0.2, 0.25) is 0 Å². The van der Waals surface area contributed by atoms with Gasteiger partial charge in [-0.1, -0.05) is 30.7 Å². The minimum atomic E-state index is -0.734. The fourth-order valence-corrected chi connectivity index (χ4v) is 4.60. The predicted molar refractivity (Wildman–Crippen MR) is 116 cm³/mol. The highest BCUT2D eigenvalue weighted by atomic mass is 35.5. The van der Waals surface area contributed by atoms with E-state index in [1.165, 1.54) is 11.6 Å². The van der Waals surface area contributed by atoms with Crippen LogP contribution in [0, 0.1) is 11.7 Å². The van der Waals surface area contributed by atoms with Crippen LogP contribution in [0.3, 0.4) is 0 Å². The maximum atomic E-state index is 14.0. The lowest BCUT2D eigenvalue weighted by molar-refractivity contribution is -0.141. The van der Waals surface area contributed by atoms with Crippen LogP contribution in [-0.2, 0) is 16.8 Å². The van der Waals surface area contributed by atoms with E-state index in [0.29, 0.717) is 29.4 Å². The highest BCUT2D eigenvalue weighted by Crippen LogP contribution is 2.46. The molecule has 1 unspecified atom stereocenters. The Labute approximate surface area is 186 Å². The van der Waals surface area contributed by atoms with Crippen molar-refractivity contribution in [2.45, 2.75) is 38.2 Å². The van der Waals surface area contributed by atoms with Crippen LogP contribution in [0.2, 0.25) is 5.02 Å². The molecular formula is C24H27ClFNO4. The van der Waals surface area contributed by atoms with Crippen molar-refractivity contribution < 1.29 is 23.8 Å². The molecule has 1 fully saturated rings. The molecule has 5 nitrogen and oxygen atoms in total. The Hall–Kier alpha value is -2.31. The monoisotopic (exact) mass is 447 g/mol. The zero-order valence-corrected chi connectivity index (χ0v) is 18.3. The fraction of sp³-hybridized carbons (Fsp3) is 0.458. The number of carboxylic acid groups (broad SMARTS) is 1. The number of ether oxygens (including phenoxy) is 2. The van der Waals surface area contributed by atoms with Crippen LogP contribution < -0.4 is 9.47 Å². The van der Waals surface area contributed by atoms with E-state index in [0.717, 1.165) is 38.2 Å². The Kier molecular flexibility index (Phi) is 6.39. The van der Waals surface area contributed by atoms with E-state index < -0.39 is 5.97 Å². The van der Waals surface area contributed by atoms with Crippen LogP contribution in [0.15, 0.2) is 36.4 Å². The molecule has 31 heavy (non-hydrogen) atoms. The molecule has 4 rings (SSSR count). The van der Waals surface area contributed by atoms with Crippen molar-refractivity contribution in [3.63, 3.8) is 0 Å². The number of nitrogens with zero attached hydrogens (tertiary/aromatic N) is 1. The Morgan fingerprint density at radius 2 is 2.10 bits per heavy atom. The molecule has 0 bridgehead atoms. The number of carboxylic acids is 1. The lowest BCUT2D eigenvalue weighted by Crippen LogP contribution is -2.44. The molecule has 7 heteroatoms. The third-order valence-corrected chi connectivity index (χ3v) is 6.94. The fourth-order valence-electron chi connectivity index (χ4n) is 4.39. The number of likely N-dealkylation sites (tertiary alicyclic amines) is 1. The van der Waals surface area contributed by atoms with E-state index in [9.17, 15) is 9.18 Å². The number of hydrogen-bond acceptors (Lipinski definition) is 4. The first-order chi connectivity index (χ1) is 14.9. The molecule has 2 heterocycles. The maximum Gasteiger partial charge on any atom is 0.306 e. The molecule has 2 aromatic rings. The summed E-state index contributed by atoms with van der Waals surface area (Å²) in [5.74, 6) is 0.0136. The molecule has 0 aliphatic carbocycles. The number of carbonyl (C=O) groups is 1. The molecule has 166 valence electrons. The van der Waals surface area contributed by atoms with Gasteiger partial charge in [-0.05, 0) is 57.1 Å². The maximum absolute atomic E-state index is 14.0. The summed E-state index contributed by atoms with van der Waals surface area (Å²) in [6, 6.07) is 10.4. The summed E-state index contributed by atoms with van der Waals surface area (Å²) in [6.45, 7) is 5.12. The highest BCUT2D eigenvalue weighted by Gasteiger charge is 2.43. The molecule has 2 aliphatic heterocycles. The van der Waals surface area contributed by atoms with Crippen molar-refractivity contribution in [2.24, 2.45) is 5.92 Å². The third kappa shape index (κ3) is 4.65. The Morgan fingerprint density at radius 3 is 2.81 bits per heavy atom. The zero-order valence-electron chi connectivity index (χ0n) is 17.6. The first-order valence-electron chi connectivity index (χ1n) is 10.7. The van der Waals surface area contributed by atoms with Crippen LogP contribution in [-0.4, -0.2) is 42.2 Å². The summed E-state index contributed by atoms with van der Waals surface area (Å²) in [5.41, 5.74) is 1.53. The van der Waals surface area contributed by atoms with Gasteiger partial charge in [0.1, 0.15) is 23.9 Å². The lowest BCUT2D eigenvalue weighted by Gasteiger charge is -2.38. The Balaban J connectivity index is 1.37. The number of halogens is 2. The van der Waals surface area contributed by atoms with Crippen LogP contribution in [0.5, 0.6) is 11.5 Å². The first kappa shape index (κ1) is 21.9. The average Bonchev–Trinajstić information content (AvgIpc) is 3.10. The molecule has 0 radical (unpaired) electrons. The number of piperidine rings is 1. The van der Waals surface area contributed by atoms with E-state index in [4.69, 9.17) is 26.2 Å². The lowest BCUT2D eigenvalue weighted by atomic mass is 9.74. The Bertz CT molecular complexity index is 938. The van der Waals surface area contributed by atoms with Gasteiger partial charge in [0.05, 0.1) is 17.5 Å². The topological polar surface area (TPSA) is 59.0 Å². The summed E-state index contributed by atoms with van der Waals surface area (Å²) in [6.07, 6.45) is 2.63. The van der Waals surface area contributed by atoms with E-state index in [1.807, 2.05) is 12.1 Å². The smallest absolute Gasteiger partial charge is 0.306 e. The Morgan fingerprint density at radius 1 is 1.32 bits per heavy atom. The van der Waals surface area contributed by atoms with Gasteiger partial charge >= 0.3 is 5.97 Å². The second kappa shape index (κ2) is 9.05. The number of aliphatic carboxylic acids is 1. The third-order valence-electron chi connectivity index (χ3n) is 6.59. The van der Waals surface area contributed by atoms with Crippen molar-refractivity contribution >= 4 is 17.6 Å². The van der Waals surface area contributed by atoms with Gasteiger partial charge in [-0.15, -0.1) is 0 Å². The first-order valence-corrected chi connectivity index (χ1v) is 11.0. The SMILES string of the molecule is CC(CCN1CCC2(CC1)COc1cc(OCc3c(F)cccc3Cl)ccc12)C(=O)O. The van der Waals surface area contributed by atoms with Crippen LogP contribution in [0.1, 0.15) is 37.3 Å². The summed E-state index contributed by atoms with van der Waals surface area (Å²) >= 11 is 6.08. The summed E-state index contributed by atoms with van der Waals surface area (Å²) in [4.78, 5) is 13.4. The van der Waals surface area contributed by atoms with Gasteiger partial charge in [0, 0.05) is 22.6 Å². The minimum absolute atomic E-state index is 0.00236. The van der Waals surface area contributed by atoms with Crippen molar-refractivity contribution in [3.05, 3.63) is 58.4 Å². The second-order valence-electron chi connectivity index (χ2n) is 8.59. The molecule has 2 aromatic carbocycles. The number of hydrogen-bond donors (Lipinski definition) is 1. The summed E-state index contributed by atoms with van der Waals surface area (Å²) in [5, 5.41) is 9.42. The predicted octanol–water partition coefficient (Wildman–Crippen LogP) is 4.89. The molecule has 1 atom stereocenters. The molecule has 1 spiro atoms. The molecule has 2 aliphatic rings. The van der Waals surface area contributed by atoms with Crippen LogP contribution in [0.25, 0.3) is 0 Å². The second-order valence-corrected chi connectivity index (χ2v) is 8.99. The van der Waals surface area contributed by atoms with E-state index in [2.05, 4.69) is 11.0 Å². The van der Waals surface area contributed by atoms with E-state index in [-0.39, 0.29) is 23.8 Å². The highest BCUT2D eigenvalue weighted by molar-refractivity contribution is 6.31. The number of rotatable bonds is 7. The zero-order chi connectivity index (χ0) is 22.0. The largest absolute Gasteiger partial charge is 0.492 e. The van der Waals surface area contributed by atoms with Gasteiger partial charge < -0.3 is 19.5 Å².